The molecule has 0 aliphatic heterocycles. The van der Waals surface area contributed by atoms with Crippen LogP contribution in [0.15, 0.2) is 18.2 Å². The predicted octanol–water partition coefficient (Wildman–Crippen LogP) is 3.55. The van der Waals surface area contributed by atoms with Gasteiger partial charge in [-0.3, -0.25) is 9.59 Å². The first-order valence-corrected chi connectivity index (χ1v) is 6.28. The summed E-state index contributed by atoms with van der Waals surface area (Å²) in [5.74, 6) is -0.0378. The lowest BCUT2D eigenvalue weighted by Gasteiger charge is -2.13. The average Bonchev–Trinajstić information content (AvgIpc) is 2.26. The molecule has 3 heteroatoms. The van der Waals surface area contributed by atoms with Crippen molar-refractivity contribution in [2.24, 2.45) is 5.92 Å². The quantitative estimate of drug-likeness (QED) is 0.809. The van der Waals surface area contributed by atoms with Crippen LogP contribution in [0.3, 0.4) is 0 Å². The van der Waals surface area contributed by atoms with Crippen molar-refractivity contribution in [2.45, 2.75) is 40.7 Å². The first-order chi connectivity index (χ1) is 8.31. The zero-order chi connectivity index (χ0) is 13.9. The lowest BCUT2D eigenvalue weighted by molar-refractivity contribution is 0.0939. The number of anilines is 1. The smallest absolute Gasteiger partial charge is 0.165 e. The van der Waals surface area contributed by atoms with Crippen molar-refractivity contribution in [3.8, 4) is 0 Å². The molecule has 1 N–H and O–H groups in total. The summed E-state index contributed by atoms with van der Waals surface area (Å²) in [6.07, 6.45) is 0. The maximum atomic E-state index is 12.0. The van der Waals surface area contributed by atoms with E-state index in [4.69, 9.17) is 0 Å². The zero-order valence-electron chi connectivity index (χ0n) is 11.7. The average molecular weight is 247 g/mol. The fraction of sp³-hybridized carbons (Fsp3) is 0.467. The maximum absolute atomic E-state index is 12.0. The van der Waals surface area contributed by atoms with Gasteiger partial charge in [0.1, 0.15) is 0 Å². The molecule has 1 rings (SSSR count). The molecule has 0 aromatic heterocycles. The van der Waals surface area contributed by atoms with Crippen LogP contribution in [0.1, 0.15) is 55.3 Å². The van der Waals surface area contributed by atoms with Gasteiger partial charge in [0.25, 0.3) is 0 Å². The van der Waals surface area contributed by atoms with Crippen LogP contribution in [0.2, 0.25) is 0 Å². The Kier molecular flexibility index (Phi) is 4.65. The van der Waals surface area contributed by atoms with Crippen LogP contribution in [-0.4, -0.2) is 17.6 Å². The summed E-state index contributed by atoms with van der Waals surface area (Å²) < 4.78 is 0. The molecule has 0 amide bonds. The van der Waals surface area contributed by atoms with Gasteiger partial charge in [0.05, 0.1) is 0 Å². The van der Waals surface area contributed by atoms with Gasteiger partial charge in [0.15, 0.2) is 11.6 Å². The Bertz CT molecular complexity index is 462. The molecule has 0 aliphatic carbocycles. The minimum atomic E-state index is -0.0703. The van der Waals surface area contributed by atoms with Crippen molar-refractivity contribution >= 4 is 17.3 Å². The monoisotopic (exact) mass is 247 g/mol. The van der Waals surface area contributed by atoms with E-state index in [0.717, 1.165) is 5.69 Å². The minimum Gasteiger partial charge on any atom is -0.383 e. The number of hydrogen-bond acceptors (Lipinski definition) is 3. The van der Waals surface area contributed by atoms with E-state index in [9.17, 15) is 9.59 Å². The minimum absolute atomic E-state index is 0.0276. The number of carbonyl (C=O) groups is 2. The highest BCUT2D eigenvalue weighted by molar-refractivity contribution is 6.02. The fourth-order valence-electron chi connectivity index (χ4n) is 1.72. The number of Topliss-reactive ketones (excluding diaryl/α,β-unsaturated/α-hetero) is 2. The van der Waals surface area contributed by atoms with Crippen LogP contribution in [0.4, 0.5) is 5.69 Å². The molecule has 0 unspecified atom stereocenters. The molecule has 0 heterocycles. The van der Waals surface area contributed by atoms with Gasteiger partial charge in [-0.05, 0) is 39.0 Å². The third-order valence-corrected chi connectivity index (χ3v) is 2.60. The molecule has 0 saturated carbocycles. The van der Waals surface area contributed by atoms with Crippen molar-refractivity contribution < 1.29 is 9.59 Å². The molecule has 0 fully saturated rings. The fourth-order valence-corrected chi connectivity index (χ4v) is 1.72. The molecular formula is C15H21NO2. The molecule has 0 spiro atoms. The number of benzene rings is 1. The van der Waals surface area contributed by atoms with E-state index >= 15 is 0 Å². The first-order valence-electron chi connectivity index (χ1n) is 6.28. The number of nitrogens with one attached hydrogen (secondary N) is 1. The Hall–Kier alpha value is -1.64. The summed E-state index contributed by atoms with van der Waals surface area (Å²) in [4.78, 5) is 23.5. The van der Waals surface area contributed by atoms with Gasteiger partial charge in [0, 0.05) is 28.8 Å². The van der Waals surface area contributed by atoms with Crippen molar-refractivity contribution in [1.82, 2.24) is 0 Å². The number of carbonyl (C=O) groups excluding carboxylic acids is 2. The Balaban J connectivity index is 3.22. The topological polar surface area (TPSA) is 46.2 Å². The molecular weight excluding hydrogens is 226 g/mol. The highest BCUT2D eigenvalue weighted by Crippen LogP contribution is 2.19. The largest absolute Gasteiger partial charge is 0.383 e. The normalized spacial score (nSPS) is 10.8. The van der Waals surface area contributed by atoms with Gasteiger partial charge in [-0.1, -0.05) is 13.8 Å². The van der Waals surface area contributed by atoms with Crippen molar-refractivity contribution in [1.29, 1.82) is 0 Å². The van der Waals surface area contributed by atoms with Gasteiger partial charge in [-0.2, -0.15) is 0 Å². The standard InChI is InChI=1S/C15H21NO2/c1-9(2)15(18)13-6-12(11(5)17)7-14(8-13)16-10(3)4/h6-10,16H,1-5H3. The van der Waals surface area contributed by atoms with Gasteiger partial charge in [0.2, 0.25) is 0 Å². The van der Waals surface area contributed by atoms with E-state index in [2.05, 4.69) is 5.32 Å². The Morgan fingerprint density at radius 2 is 1.56 bits per heavy atom. The number of hydrogen-bond donors (Lipinski definition) is 1. The summed E-state index contributed by atoms with van der Waals surface area (Å²) >= 11 is 0. The summed E-state index contributed by atoms with van der Waals surface area (Å²) in [7, 11) is 0. The summed E-state index contributed by atoms with van der Waals surface area (Å²) in [6.45, 7) is 9.27. The van der Waals surface area contributed by atoms with Crippen molar-refractivity contribution in [3.63, 3.8) is 0 Å². The Morgan fingerprint density at radius 3 is 2.00 bits per heavy atom. The van der Waals surface area contributed by atoms with E-state index in [1.165, 1.54) is 6.92 Å². The van der Waals surface area contributed by atoms with Crippen LogP contribution in [0.5, 0.6) is 0 Å². The highest BCUT2D eigenvalue weighted by Gasteiger charge is 2.14. The lowest BCUT2D eigenvalue weighted by atomic mass is 9.97. The van der Waals surface area contributed by atoms with Crippen LogP contribution in [-0.2, 0) is 0 Å². The molecule has 0 radical (unpaired) electrons. The predicted molar refractivity (Wildman–Crippen MR) is 74.4 cm³/mol. The summed E-state index contributed by atoms with van der Waals surface area (Å²) in [5.41, 5.74) is 1.99. The van der Waals surface area contributed by atoms with E-state index in [1.807, 2.05) is 33.8 Å². The second kappa shape index (κ2) is 5.80. The van der Waals surface area contributed by atoms with Gasteiger partial charge in [-0.25, -0.2) is 0 Å². The number of rotatable bonds is 5. The van der Waals surface area contributed by atoms with Gasteiger partial charge < -0.3 is 5.32 Å². The number of ketones is 2. The second-order valence-electron chi connectivity index (χ2n) is 5.17. The van der Waals surface area contributed by atoms with Gasteiger partial charge >= 0.3 is 0 Å². The van der Waals surface area contributed by atoms with E-state index in [1.54, 1.807) is 12.1 Å². The van der Waals surface area contributed by atoms with Crippen molar-refractivity contribution in [2.75, 3.05) is 5.32 Å². The van der Waals surface area contributed by atoms with E-state index in [-0.39, 0.29) is 23.5 Å². The lowest BCUT2D eigenvalue weighted by Crippen LogP contribution is -2.13. The third kappa shape index (κ3) is 3.69. The zero-order valence-corrected chi connectivity index (χ0v) is 11.7. The third-order valence-electron chi connectivity index (χ3n) is 2.60. The highest BCUT2D eigenvalue weighted by atomic mass is 16.1. The van der Waals surface area contributed by atoms with Crippen LogP contribution in [0, 0.1) is 5.92 Å². The summed E-state index contributed by atoms with van der Waals surface area (Å²) in [6, 6.07) is 5.54. The molecule has 0 saturated heterocycles. The first kappa shape index (κ1) is 14.4. The van der Waals surface area contributed by atoms with E-state index < -0.39 is 0 Å². The van der Waals surface area contributed by atoms with Crippen LogP contribution >= 0.6 is 0 Å². The molecule has 0 bridgehead atoms. The molecule has 1 aromatic rings. The Morgan fingerprint density at radius 1 is 1.00 bits per heavy atom. The second-order valence-corrected chi connectivity index (χ2v) is 5.17. The Labute approximate surface area is 109 Å². The molecule has 98 valence electrons. The van der Waals surface area contributed by atoms with Gasteiger partial charge in [-0.15, -0.1) is 0 Å². The van der Waals surface area contributed by atoms with E-state index in [0.29, 0.717) is 11.1 Å². The molecule has 3 nitrogen and oxygen atoms in total. The summed E-state index contributed by atoms with van der Waals surface area (Å²) in [5, 5.41) is 3.23. The SMILES string of the molecule is CC(=O)c1cc(NC(C)C)cc(C(=O)C(C)C)c1. The van der Waals surface area contributed by atoms with Crippen LogP contribution < -0.4 is 5.32 Å². The molecule has 0 aliphatic rings. The molecule has 1 aromatic carbocycles. The van der Waals surface area contributed by atoms with Crippen molar-refractivity contribution in [3.05, 3.63) is 29.3 Å². The maximum Gasteiger partial charge on any atom is 0.165 e. The van der Waals surface area contributed by atoms with Crippen LogP contribution in [0.25, 0.3) is 0 Å². The molecule has 0 atom stereocenters. The molecule has 18 heavy (non-hydrogen) atoms.